The molecule has 2 aromatic carbocycles. The summed E-state index contributed by atoms with van der Waals surface area (Å²) in [5.41, 5.74) is 1.71. The lowest BCUT2D eigenvalue weighted by Gasteiger charge is -2.21. The fraction of sp³-hybridized carbons (Fsp3) is 0.440. The predicted molar refractivity (Wildman–Crippen MR) is 122 cm³/mol. The minimum absolute atomic E-state index is 0.0915. The van der Waals surface area contributed by atoms with Gasteiger partial charge in [-0.2, -0.15) is 0 Å². The standard InChI is InChI=1S/C25H30N2O6/c1-2-3-19(27-25(29)15-18-5-7-21-23(13-18)33-11-9-31-21)16-26-24(28)14-17-4-6-20-22(12-17)32-10-8-30-20/h4-7,12-13,19H,2-3,8-11,14-16H2,1H3,(H,26,28)(H,27,29). The Balaban J connectivity index is 1.26. The van der Waals surface area contributed by atoms with Crippen molar-refractivity contribution in [2.45, 2.75) is 38.6 Å². The smallest absolute Gasteiger partial charge is 0.224 e. The lowest BCUT2D eigenvalue weighted by atomic mass is 10.1. The molecule has 176 valence electrons. The van der Waals surface area contributed by atoms with E-state index in [0.29, 0.717) is 56.0 Å². The van der Waals surface area contributed by atoms with Crippen LogP contribution in [0.25, 0.3) is 0 Å². The van der Waals surface area contributed by atoms with Gasteiger partial charge in [0, 0.05) is 12.6 Å². The first-order valence-electron chi connectivity index (χ1n) is 11.4. The molecule has 4 rings (SSSR count). The van der Waals surface area contributed by atoms with E-state index >= 15 is 0 Å². The van der Waals surface area contributed by atoms with Gasteiger partial charge in [0.05, 0.1) is 12.8 Å². The summed E-state index contributed by atoms with van der Waals surface area (Å²) < 4.78 is 22.2. The van der Waals surface area contributed by atoms with Crippen molar-refractivity contribution in [3.8, 4) is 23.0 Å². The molecule has 33 heavy (non-hydrogen) atoms. The average molecular weight is 455 g/mol. The zero-order chi connectivity index (χ0) is 23.0. The summed E-state index contributed by atoms with van der Waals surface area (Å²) >= 11 is 0. The highest BCUT2D eigenvalue weighted by molar-refractivity contribution is 5.80. The molecule has 2 heterocycles. The van der Waals surface area contributed by atoms with E-state index < -0.39 is 0 Å². The van der Waals surface area contributed by atoms with Gasteiger partial charge in [0.2, 0.25) is 11.8 Å². The lowest BCUT2D eigenvalue weighted by molar-refractivity contribution is -0.123. The molecular formula is C25H30N2O6. The molecule has 0 bridgehead atoms. The van der Waals surface area contributed by atoms with E-state index in [0.717, 1.165) is 24.0 Å². The molecule has 2 aliphatic heterocycles. The second-order valence-corrected chi connectivity index (χ2v) is 8.17. The van der Waals surface area contributed by atoms with Crippen LogP contribution in [0.2, 0.25) is 0 Å². The molecule has 0 aromatic heterocycles. The van der Waals surface area contributed by atoms with Crippen LogP contribution in [0.5, 0.6) is 23.0 Å². The topological polar surface area (TPSA) is 95.1 Å². The Morgan fingerprint density at radius 1 is 0.788 bits per heavy atom. The minimum atomic E-state index is -0.135. The van der Waals surface area contributed by atoms with E-state index in [1.54, 1.807) is 0 Å². The fourth-order valence-corrected chi connectivity index (χ4v) is 3.92. The molecule has 1 unspecified atom stereocenters. The summed E-state index contributed by atoms with van der Waals surface area (Å²) in [4.78, 5) is 25.1. The number of rotatable bonds is 9. The van der Waals surface area contributed by atoms with Gasteiger partial charge >= 0.3 is 0 Å². The number of benzene rings is 2. The molecule has 2 N–H and O–H groups in total. The quantitative estimate of drug-likeness (QED) is 0.604. The van der Waals surface area contributed by atoms with Crippen molar-refractivity contribution < 1.29 is 28.5 Å². The van der Waals surface area contributed by atoms with Crippen molar-refractivity contribution in [3.63, 3.8) is 0 Å². The van der Waals surface area contributed by atoms with Gasteiger partial charge in [0.25, 0.3) is 0 Å². The van der Waals surface area contributed by atoms with Crippen LogP contribution in [0.3, 0.4) is 0 Å². The molecular weight excluding hydrogens is 424 g/mol. The van der Waals surface area contributed by atoms with Gasteiger partial charge in [-0.1, -0.05) is 25.5 Å². The van der Waals surface area contributed by atoms with Gasteiger partial charge in [-0.25, -0.2) is 0 Å². The van der Waals surface area contributed by atoms with Crippen molar-refractivity contribution in [3.05, 3.63) is 47.5 Å². The van der Waals surface area contributed by atoms with Gasteiger partial charge < -0.3 is 29.6 Å². The van der Waals surface area contributed by atoms with E-state index in [1.807, 2.05) is 36.4 Å². The van der Waals surface area contributed by atoms with Crippen molar-refractivity contribution >= 4 is 11.8 Å². The normalized spacial score (nSPS) is 14.8. The molecule has 0 radical (unpaired) electrons. The van der Waals surface area contributed by atoms with Crippen LogP contribution in [0.15, 0.2) is 36.4 Å². The molecule has 2 aromatic rings. The zero-order valence-electron chi connectivity index (χ0n) is 18.9. The third-order valence-electron chi connectivity index (χ3n) is 5.49. The van der Waals surface area contributed by atoms with Crippen LogP contribution in [-0.2, 0) is 22.4 Å². The Labute approximate surface area is 193 Å². The summed E-state index contributed by atoms with van der Waals surface area (Å²) in [6.45, 7) is 4.51. The number of carbonyl (C=O) groups is 2. The Morgan fingerprint density at radius 3 is 1.85 bits per heavy atom. The number of hydrogen-bond donors (Lipinski definition) is 2. The minimum Gasteiger partial charge on any atom is -0.486 e. The van der Waals surface area contributed by atoms with Crippen molar-refractivity contribution in [2.75, 3.05) is 33.0 Å². The number of carbonyl (C=O) groups excluding carboxylic acids is 2. The summed E-state index contributed by atoms with van der Waals surface area (Å²) in [7, 11) is 0. The van der Waals surface area contributed by atoms with Crippen LogP contribution in [0.4, 0.5) is 0 Å². The third kappa shape index (κ3) is 6.31. The summed E-state index contributed by atoms with van der Waals surface area (Å²) in [5, 5.41) is 5.99. The monoisotopic (exact) mass is 454 g/mol. The third-order valence-corrected chi connectivity index (χ3v) is 5.49. The maximum Gasteiger partial charge on any atom is 0.224 e. The SMILES string of the molecule is CCCC(CNC(=O)Cc1ccc2c(c1)OCCO2)NC(=O)Cc1ccc2c(c1)OCCO2. The molecule has 8 heteroatoms. The highest BCUT2D eigenvalue weighted by Gasteiger charge is 2.17. The lowest BCUT2D eigenvalue weighted by Crippen LogP contribution is -2.44. The first-order valence-corrected chi connectivity index (χ1v) is 11.4. The van der Waals surface area contributed by atoms with Crippen LogP contribution < -0.4 is 29.6 Å². The molecule has 0 saturated heterocycles. The second kappa shape index (κ2) is 10.9. The second-order valence-electron chi connectivity index (χ2n) is 8.17. The maximum absolute atomic E-state index is 12.6. The Kier molecular flexibility index (Phi) is 7.55. The summed E-state index contributed by atoms with van der Waals surface area (Å²) in [6.07, 6.45) is 2.15. The van der Waals surface area contributed by atoms with Gasteiger partial charge in [-0.3, -0.25) is 9.59 Å². The molecule has 2 amide bonds. The predicted octanol–water partition coefficient (Wildman–Crippen LogP) is 2.42. The molecule has 0 saturated carbocycles. The number of hydrogen-bond acceptors (Lipinski definition) is 6. The molecule has 0 aliphatic carbocycles. The van der Waals surface area contributed by atoms with E-state index in [-0.39, 0.29) is 30.7 Å². The van der Waals surface area contributed by atoms with Gasteiger partial charge in [0.15, 0.2) is 23.0 Å². The zero-order valence-corrected chi connectivity index (χ0v) is 18.9. The summed E-state index contributed by atoms with van der Waals surface area (Å²) in [6, 6.07) is 10.9. The molecule has 8 nitrogen and oxygen atoms in total. The number of nitrogens with one attached hydrogen (secondary N) is 2. The van der Waals surface area contributed by atoms with Crippen molar-refractivity contribution in [2.24, 2.45) is 0 Å². The highest BCUT2D eigenvalue weighted by atomic mass is 16.6. The van der Waals surface area contributed by atoms with Crippen LogP contribution in [0.1, 0.15) is 30.9 Å². The number of fused-ring (bicyclic) bond motifs is 2. The van der Waals surface area contributed by atoms with Gasteiger partial charge in [-0.05, 0) is 41.8 Å². The van der Waals surface area contributed by atoms with E-state index in [4.69, 9.17) is 18.9 Å². The van der Waals surface area contributed by atoms with Crippen molar-refractivity contribution in [1.82, 2.24) is 10.6 Å². The van der Waals surface area contributed by atoms with Crippen molar-refractivity contribution in [1.29, 1.82) is 0 Å². The molecule has 0 spiro atoms. The van der Waals surface area contributed by atoms with E-state index in [9.17, 15) is 9.59 Å². The molecule has 1 atom stereocenters. The Bertz CT molecular complexity index is 993. The summed E-state index contributed by atoms with van der Waals surface area (Å²) in [5.74, 6) is 2.55. The molecule has 0 fully saturated rings. The Hall–Kier alpha value is -3.42. The average Bonchev–Trinajstić information content (AvgIpc) is 2.82. The highest BCUT2D eigenvalue weighted by Crippen LogP contribution is 2.31. The van der Waals surface area contributed by atoms with Crippen LogP contribution >= 0.6 is 0 Å². The fourth-order valence-electron chi connectivity index (χ4n) is 3.92. The maximum atomic E-state index is 12.6. The first kappa shape index (κ1) is 22.8. The Morgan fingerprint density at radius 2 is 1.30 bits per heavy atom. The van der Waals surface area contributed by atoms with Gasteiger partial charge in [-0.15, -0.1) is 0 Å². The molecule has 2 aliphatic rings. The van der Waals surface area contributed by atoms with E-state index in [2.05, 4.69) is 17.6 Å². The largest absolute Gasteiger partial charge is 0.486 e. The van der Waals surface area contributed by atoms with Crippen LogP contribution in [-0.4, -0.2) is 50.8 Å². The number of ether oxygens (including phenoxy) is 4. The number of amides is 2. The van der Waals surface area contributed by atoms with Crippen LogP contribution in [0, 0.1) is 0 Å². The first-order chi connectivity index (χ1) is 16.1. The van der Waals surface area contributed by atoms with Gasteiger partial charge in [0.1, 0.15) is 26.4 Å². The van der Waals surface area contributed by atoms with E-state index in [1.165, 1.54) is 0 Å².